The number of rotatable bonds is 10. The Morgan fingerprint density at radius 2 is 1.92 bits per heavy atom. The molecule has 1 aliphatic rings. The number of nitrogens with one attached hydrogen (secondary N) is 1. The number of carbonyl (C=O) groups excluding carboxylic acids is 1. The van der Waals surface area contributed by atoms with Crippen molar-refractivity contribution in [1.29, 1.82) is 0 Å². The molecular formula is C21H34N2O3. The van der Waals surface area contributed by atoms with Crippen LogP contribution in [-0.4, -0.2) is 49.7 Å². The lowest BCUT2D eigenvalue weighted by molar-refractivity contribution is 0.0947. The predicted molar refractivity (Wildman–Crippen MR) is 105 cm³/mol. The minimum Gasteiger partial charge on any atom is -0.490 e. The summed E-state index contributed by atoms with van der Waals surface area (Å²) in [5.41, 5.74) is 0.612. The largest absolute Gasteiger partial charge is 0.490 e. The first kappa shape index (κ1) is 20.6. The summed E-state index contributed by atoms with van der Waals surface area (Å²) in [6.45, 7) is 10.2. The van der Waals surface area contributed by atoms with Gasteiger partial charge in [-0.05, 0) is 64.3 Å². The van der Waals surface area contributed by atoms with Gasteiger partial charge in [0.25, 0.3) is 5.91 Å². The molecule has 1 heterocycles. The van der Waals surface area contributed by atoms with Crippen LogP contribution in [0.1, 0.15) is 63.2 Å². The molecule has 0 radical (unpaired) electrons. The van der Waals surface area contributed by atoms with Crippen LogP contribution in [0.2, 0.25) is 0 Å². The summed E-state index contributed by atoms with van der Waals surface area (Å²) in [6, 6.07) is 6.09. The van der Waals surface area contributed by atoms with Gasteiger partial charge < -0.3 is 19.7 Å². The highest BCUT2D eigenvalue weighted by atomic mass is 16.5. The maximum atomic E-state index is 12.4. The van der Waals surface area contributed by atoms with E-state index in [1.807, 2.05) is 19.9 Å². The van der Waals surface area contributed by atoms with Gasteiger partial charge in [-0.3, -0.25) is 4.79 Å². The molecule has 5 nitrogen and oxygen atoms in total. The molecule has 1 N–H and O–H groups in total. The van der Waals surface area contributed by atoms with Crippen LogP contribution in [0.3, 0.4) is 0 Å². The van der Waals surface area contributed by atoms with Gasteiger partial charge in [-0.2, -0.15) is 0 Å². The van der Waals surface area contributed by atoms with Crippen LogP contribution in [-0.2, 0) is 0 Å². The van der Waals surface area contributed by atoms with E-state index in [0.29, 0.717) is 36.8 Å². The van der Waals surface area contributed by atoms with E-state index in [0.717, 1.165) is 19.0 Å². The van der Waals surface area contributed by atoms with E-state index in [-0.39, 0.29) is 5.91 Å². The zero-order valence-corrected chi connectivity index (χ0v) is 16.6. The Bertz CT molecular complexity index is 562. The molecule has 0 aromatic heterocycles. The molecule has 0 saturated carbocycles. The Morgan fingerprint density at radius 1 is 1.15 bits per heavy atom. The molecule has 26 heavy (non-hydrogen) atoms. The molecule has 5 heteroatoms. The van der Waals surface area contributed by atoms with E-state index >= 15 is 0 Å². The normalized spacial score (nSPS) is 17.7. The van der Waals surface area contributed by atoms with Crippen LogP contribution >= 0.6 is 0 Å². The third-order valence-corrected chi connectivity index (χ3v) is 4.93. The van der Waals surface area contributed by atoms with E-state index in [2.05, 4.69) is 17.1 Å². The molecule has 0 spiro atoms. The van der Waals surface area contributed by atoms with Crippen molar-refractivity contribution in [2.75, 3.05) is 32.8 Å². The van der Waals surface area contributed by atoms with Crippen LogP contribution in [0.25, 0.3) is 0 Å². The molecule has 1 aromatic carbocycles. The average molecular weight is 363 g/mol. The molecule has 2 rings (SSSR count). The van der Waals surface area contributed by atoms with E-state index in [1.165, 1.54) is 32.2 Å². The second-order valence-electron chi connectivity index (χ2n) is 6.73. The zero-order chi connectivity index (χ0) is 18.8. The summed E-state index contributed by atoms with van der Waals surface area (Å²) >= 11 is 0. The number of ether oxygens (including phenoxy) is 2. The lowest BCUT2D eigenvalue weighted by Gasteiger charge is -2.35. The van der Waals surface area contributed by atoms with Gasteiger partial charge in [0.05, 0.1) is 13.2 Å². The van der Waals surface area contributed by atoms with Crippen LogP contribution in [0.4, 0.5) is 0 Å². The molecular weight excluding hydrogens is 328 g/mol. The summed E-state index contributed by atoms with van der Waals surface area (Å²) in [5.74, 6) is 1.25. The van der Waals surface area contributed by atoms with Gasteiger partial charge in [0.1, 0.15) is 0 Å². The lowest BCUT2D eigenvalue weighted by Crippen LogP contribution is -2.40. The molecule has 1 aliphatic heterocycles. The maximum absolute atomic E-state index is 12.4. The molecule has 1 aromatic rings. The molecule has 146 valence electrons. The fourth-order valence-corrected chi connectivity index (χ4v) is 3.60. The molecule has 1 unspecified atom stereocenters. The zero-order valence-electron chi connectivity index (χ0n) is 16.6. The SMILES string of the molecule is CCOc1ccc(C(=O)NCCCN2CCCCC2CC)cc1OCC. The quantitative estimate of drug-likeness (QED) is 0.642. The van der Waals surface area contributed by atoms with Gasteiger partial charge in [-0.15, -0.1) is 0 Å². The third kappa shape index (κ3) is 5.90. The average Bonchev–Trinajstić information content (AvgIpc) is 2.67. The van der Waals surface area contributed by atoms with Crippen molar-refractivity contribution >= 4 is 5.91 Å². The second-order valence-corrected chi connectivity index (χ2v) is 6.73. The number of piperidine rings is 1. The van der Waals surface area contributed by atoms with E-state index < -0.39 is 0 Å². The lowest BCUT2D eigenvalue weighted by atomic mass is 10.00. The van der Waals surface area contributed by atoms with E-state index in [4.69, 9.17) is 9.47 Å². The minimum atomic E-state index is -0.0558. The number of hydrogen-bond donors (Lipinski definition) is 1. The molecule has 1 saturated heterocycles. The number of likely N-dealkylation sites (tertiary alicyclic amines) is 1. The number of amides is 1. The molecule has 0 aliphatic carbocycles. The topological polar surface area (TPSA) is 50.8 Å². The first-order valence-electron chi connectivity index (χ1n) is 10.1. The van der Waals surface area contributed by atoms with Crippen molar-refractivity contribution < 1.29 is 14.3 Å². The summed E-state index contributed by atoms with van der Waals surface area (Å²) in [7, 11) is 0. The Kier molecular flexibility index (Phi) is 8.75. The highest BCUT2D eigenvalue weighted by Gasteiger charge is 2.20. The van der Waals surface area contributed by atoms with E-state index in [9.17, 15) is 4.79 Å². The Labute approximate surface area is 158 Å². The number of carbonyl (C=O) groups is 1. The van der Waals surface area contributed by atoms with Gasteiger partial charge in [-0.25, -0.2) is 0 Å². The van der Waals surface area contributed by atoms with Crippen molar-refractivity contribution in [2.45, 2.75) is 58.9 Å². The summed E-state index contributed by atoms with van der Waals surface area (Å²) in [6.07, 6.45) is 6.17. The molecule has 1 fully saturated rings. The van der Waals surface area contributed by atoms with Crippen LogP contribution < -0.4 is 14.8 Å². The number of benzene rings is 1. The van der Waals surface area contributed by atoms with Crippen LogP contribution in [0.5, 0.6) is 11.5 Å². The van der Waals surface area contributed by atoms with Gasteiger partial charge in [0, 0.05) is 24.7 Å². The van der Waals surface area contributed by atoms with E-state index in [1.54, 1.807) is 12.1 Å². The fraction of sp³-hybridized carbons (Fsp3) is 0.667. The standard InChI is InChI=1S/C21H34N2O3/c1-4-18-10-7-8-14-23(18)15-9-13-22-21(24)17-11-12-19(25-5-2)20(16-17)26-6-3/h11-12,16,18H,4-10,13-15H2,1-3H3,(H,22,24). The number of nitrogens with zero attached hydrogens (tertiary/aromatic N) is 1. The van der Waals surface area contributed by atoms with Crippen molar-refractivity contribution in [1.82, 2.24) is 10.2 Å². The predicted octanol–water partition coefficient (Wildman–Crippen LogP) is 3.87. The van der Waals surface area contributed by atoms with Crippen molar-refractivity contribution in [3.05, 3.63) is 23.8 Å². The summed E-state index contributed by atoms with van der Waals surface area (Å²) in [4.78, 5) is 15.0. The highest BCUT2D eigenvalue weighted by Crippen LogP contribution is 2.28. The monoisotopic (exact) mass is 362 g/mol. The maximum Gasteiger partial charge on any atom is 0.251 e. The fourth-order valence-electron chi connectivity index (χ4n) is 3.60. The first-order chi connectivity index (χ1) is 12.7. The van der Waals surface area contributed by atoms with Crippen molar-refractivity contribution in [2.24, 2.45) is 0 Å². The highest BCUT2D eigenvalue weighted by molar-refractivity contribution is 5.94. The Balaban J connectivity index is 1.82. The molecule has 1 atom stereocenters. The summed E-state index contributed by atoms with van der Waals surface area (Å²) < 4.78 is 11.1. The molecule has 1 amide bonds. The van der Waals surface area contributed by atoms with Gasteiger partial charge in [-0.1, -0.05) is 13.3 Å². The van der Waals surface area contributed by atoms with Crippen LogP contribution in [0, 0.1) is 0 Å². The third-order valence-electron chi connectivity index (χ3n) is 4.93. The smallest absolute Gasteiger partial charge is 0.251 e. The van der Waals surface area contributed by atoms with Crippen LogP contribution in [0.15, 0.2) is 18.2 Å². The molecule has 0 bridgehead atoms. The van der Waals surface area contributed by atoms with Gasteiger partial charge >= 0.3 is 0 Å². The first-order valence-corrected chi connectivity index (χ1v) is 10.1. The minimum absolute atomic E-state index is 0.0558. The second kappa shape index (κ2) is 11.1. The Morgan fingerprint density at radius 3 is 2.65 bits per heavy atom. The van der Waals surface area contributed by atoms with Crippen molar-refractivity contribution in [3.8, 4) is 11.5 Å². The summed E-state index contributed by atoms with van der Waals surface area (Å²) in [5, 5.41) is 3.03. The number of hydrogen-bond acceptors (Lipinski definition) is 4. The van der Waals surface area contributed by atoms with Gasteiger partial charge in [0.2, 0.25) is 0 Å². The van der Waals surface area contributed by atoms with Gasteiger partial charge in [0.15, 0.2) is 11.5 Å². The Hall–Kier alpha value is -1.75. The van der Waals surface area contributed by atoms with Crippen molar-refractivity contribution in [3.63, 3.8) is 0 Å².